The minimum absolute atomic E-state index is 0.00242. The van der Waals surface area contributed by atoms with E-state index >= 15 is 0 Å². The van der Waals surface area contributed by atoms with Crippen LogP contribution in [0.1, 0.15) is 49.9 Å². The molecule has 12 heteroatoms. The van der Waals surface area contributed by atoms with Crippen LogP contribution in [-0.4, -0.2) is 82.0 Å². The van der Waals surface area contributed by atoms with Crippen LogP contribution in [0.4, 0.5) is 18.0 Å². The number of nitrogens with zero attached hydrogens (tertiary/aromatic N) is 4. The summed E-state index contributed by atoms with van der Waals surface area (Å²) in [4.78, 5) is 53.2. The van der Waals surface area contributed by atoms with Gasteiger partial charge < -0.3 is 0 Å². The standard InChI is InChI=1S/C31H28F3N5O4/c32-31(33,34)25-19-37(27(21-7-3-1-4-8-21)22-9-5-2-6-10-22)16-15-36(25)18-20-11-12-23-24(17-20)29(42)39(28(23)41)38-14-13-26(40)35-30(38)43/h1-12,17,25,27H,13-16,18-19H2,(H,35,40,43). The second-order valence-electron chi connectivity index (χ2n) is 10.8. The van der Waals surface area contributed by atoms with Gasteiger partial charge in [-0.1, -0.05) is 66.7 Å². The first-order chi connectivity index (χ1) is 20.6. The molecule has 1 atom stereocenters. The fraction of sp³-hybridized carbons (Fsp3) is 0.290. The van der Waals surface area contributed by atoms with Crippen LogP contribution in [0.3, 0.4) is 0 Å². The summed E-state index contributed by atoms with van der Waals surface area (Å²) in [7, 11) is 0. The third-order valence-corrected chi connectivity index (χ3v) is 8.08. The Balaban J connectivity index is 1.23. The molecule has 222 valence electrons. The van der Waals surface area contributed by atoms with Gasteiger partial charge in [-0.15, -0.1) is 0 Å². The Labute approximate surface area is 245 Å². The van der Waals surface area contributed by atoms with E-state index in [1.807, 2.05) is 65.6 Å². The van der Waals surface area contributed by atoms with Crippen LogP contribution in [0.5, 0.6) is 0 Å². The third-order valence-electron chi connectivity index (χ3n) is 8.08. The minimum Gasteiger partial charge on any atom is -0.289 e. The van der Waals surface area contributed by atoms with Gasteiger partial charge in [0.2, 0.25) is 5.91 Å². The van der Waals surface area contributed by atoms with Gasteiger partial charge in [0.25, 0.3) is 11.8 Å². The summed E-state index contributed by atoms with van der Waals surface area (Å²) in [5, 5.41) is 3.63. The number of amides is 5. The molecule has 0 spiro atoms. The molecular weight excluding hydrogens is 563 g/mol. The van der Waals surface area contributed by atoms with E-state index in [1.165, 1.54) is 23.1 Å². The molecule has 1 unspecified atom stereocenters. The highest BCUT2D eigenvalue weighted by atomic mass is 19.4. The van der Waals surface area contributed by atoms with Crippen molar-refractivity contribution in [2.45, 2.75) is 31.2 Å². The van der Waals surface area contributed by atoms with Crippen LogP contribution in [0.2, 0.25) is 0 Å². The minimum atomic E-state index is -4.52. The summed E-state index contributed by atoms with van der Waals surface area (Å²) in [6.45, 7) is 0.00948. The van der Waals surface area contributed by atoms with Crippen molar-refractivity contribution in [2.75, 3.05) is 26.2 Å². The molecule has 0 aromatic heterocycles. The molecule has 3 aromatic carbocycles. The van der Waals surface area contributed by atoms with Crippen molar-refractivity contribution >= 4 is 23.8 Å². The highest BCUT2D eigenvalue weighted by Crippen LogP contribution is 2.36. The molecule has 2 fully saturated rings. The topological polar surface area (TPSA) is 93.3 Å². The summed E-state index contributed by atoms with van der Waals surface area (Å²) in [6.07, 6.45) is -4.60. The molecule has 3 aromatic rings. The Bertz CT molecular complexity index is 1530. The highest BCUT2D eigenvalue weighted by molar-refractivity contribution is 6.22. The number of urea groups is 1. The number of nitrogens with one attached hydrogen (secondary N) is 1. The number of imide groups is 2. The molecular formula is C31H28F3N5O4. The van der Waals surface area contributed by atoms with Gasteiger partial charge in [0.15, 0.2) is 0 Å². The van der Waals surface area contributed by atoms with E-state index in [4.69, 9.17) is 0 Å². The highest BCUT2D eigenvalue weighted by Gasteiger charge is 2.48. The second kappa shape index (κ2) is 11.3. The SMILES string of the molecule is O=C1CCN(N2C(=O)c3ccc(CN4CCN(C(c5ccccc5)c5ccccc5)CC4C(F)(F)F)cc3C2=O)C(=O)N1. The Hall–Kier alpha value is -4.55. The first-order valence-corrected chi connectivity index (χ1v) is 13.9. The quantitative estimate of drug-likeness (QED) is 0.436. The number of benzene rings is 3. The van der Waals surface area contributed by atoms with Gasteiger partial charge in [-0.05, 0) is 28.8 Å². The van der Waals surface area contributed by atoms with Crippen LogP contribution in [0.15, 0.2) is 78.9 Å². The molecule has 0 bridgehead atoms. The van der Waals surface area contributed by atoms with Crippen LogP contribution < -0.4 is 5.32 Å². The van der Waals surface area contributed by atoms with Gasteiger partial charge in [0, 0.05) is 32.6 Å². The van der Waals surface area contributed by atoms with E-state index in [1.54, 1.807) is 0 Å². The predicted molar refractivity (Wildman–Crippen MR) is 148 cm³/mol. The number of hydrogen-bond acceptors (Lipinski definition) is 6. The van der Waals surface area contributed by atoms with Crippen molar-refractivity contribution in [3.05, 3.63) is 107 Å². The maximum atomic E-state index is 14.5. The van der Waals surface area contributed by atoms with Gasteiger partial charge in [-0.25, -0.2) is 9.80 Å². The molecule has 2 saturated heterocycles. The normalized spacial score (nSPS) is 20.1. The molecule has 0 radical (unpaired) electrons. The van der Waals surface area contributed by atoms with Crippen molar-refractivity contribution in [3.8, 4) is 0 Å². The average Bonchev–Trinajstić information content (AvgIpc) is 3.23. The number of piperazine rings is 1. The molecule has 6 rings (SSSR count). The zero-order valence-electron chi connectivity index (χ0n) is 23.0. The third kappa shape index (κ3) is 5.51. The monoisotopic (exact) mass is 591 g/mol. The number of halogens is 3. The number of carbonyl (C=O) groups excluding carboxylic acids is 4. The van der Waals surface area contributed by atoms with E-state index < -0.39 is 36.0 Å². The van der Waals surface area contributed by atoms with Crippen molar-refractivity contribution in [1.29, 1.82) is 0 Å². The smallest absolute Gasteiger partial charge is 0.289 e. The average molecular weight is 592 g/mol. The molecule has 3 aliphatic heterocycles. The van der Waals surface area contributed by atoms with Gasteiger partial charge in [0.1, 0.15) is 6.04 Å². The summed E-state index contributed by atoms with van der Waals surface area (Å²) < 4.78 is 43.6. The number of carbonyl (C=O) groups is 4. The maximum absolute atomic E-state index is 14.5. The summed E-state index contributed by atoms with van der Waals surface area (Å²) in [5.74, 6) is -2.01. The van der Waals surface area contributed by atoms with E-state index in [2.05, 4.69) is 5.32 Å². The summed E-state index contributed by atoms with van der Waals surface area (Å²) >= 11 is 0. The van der Waals surface area contributed by atoms with Crippen LogP contribution in [-0.2, 0) is 11.3 Å². The zero-order valence-corrected chi connectivity index (χ0v) is 23.0. The van der Waals surface area contributed by atoms with Gasteiger partial charge in [-0.3, -0.25) is 29.5 Å². The molecule has 43 heavy (non-hydrogen) atoms. The molecule has 0 saturated carbocycles. The van der Waals surface area contributed by atoms with E-state index in [9.17, 15) is 32.3 Å². The number of fused-ring (bicyclic) bond motifs is 1. The lowest BCUT2D eigenvalue weighted by molar-refractivity contribution is -0.200. The number of hydrazine groups is 1. The fourth-order valence-electron chi connectivity index (χ4n) is 6.03. The van der Waals surface area contributed by atoms with Crippen molar-refractivity contribution in [2.24, 2.45) is 0 Å². The van der Waals surface area contributed by atoms with E-state index in [-0.39, 0.29) is 49.8 Å². The Morgan fingerprint density at radius 1 is 0.791 bits per heavy atom. The predicted octanol–water partition coefficient (Wildman–Crippen LogP) is 3.98. The molecule has 3 aliphatic rings. The molecule has 1 N–H and O–H groups in total. The van der Waals surface area contributed by atoms with Crippen molar-refractivity contribution < 1.29 is 32.3 Å². The molecule has 5 amide bonds. The second-order valence-corrected chi connectivity index (χ2v) is 10.8. The first-order valence-electron chi connectivity index (χ1n) is 13.9. The Kier molecular flexibility index (Phi) is 7.49. The molecule has 9 nitrogen and oxygen atoms in total. The number of rotatable bonds is 6. The van der Waals surface area contributed by atoms with E-state index in [0.29, 0.717) is 17.1 Å². The zero-order chi connectivity index (χ0) is 30.3. The van der Waals surface area contributed by atoms with Gasteiger partial charge in [0.05, 0.1) is 23.7 Å². The van der Waals surface area contributed by atoms with Gasteiger partial charge >= 0.3 is 12.2 Å². The Morgan fingerprint density at radius 3 is 2.02 bits per heavy atom. The lowest BCUT2D eigenvalue weighted by Gasteiger charge is -2.45. The first kappa shape index (κ1) is 28.6. The van der Waals surface area contributed by atoms with Crippen molar-refractivity contribution in [1.82, 2.24) is 25.1 Å². The summed E-state index contributed by atoms with van der Waals surface area (Å²) in [6, 6.07) is 20.3. The van der Waals surface area contributed by atoms with E-state index in [0.717, 1.165) is 16.1 Å². The molecule has 3 heterocycles. The lowest BCUT2D eigenvalue weighted by Crippen LogP contribution is -2.59. The molecule has 0 aliphatic carbocycles. The number of alkyl halides is 3. The maximum Gasteiger partial charge on any atom is 0.405 e. The van der Waals surface area contributed by atoms with Crippen molar-refractivity contribution in [3.63, 3.8) is 0 Å². The van der Waals surface area contributed by atoms with Crippen LogP contribution in [0, 0.1) is 0 Å². The summed E-state index contributed by atoms with van der Waals surface area (Å²) in [5.41, 5.74) is 2.29. The fourth-order valence-corrected chi connectivity index (χ4v) is 6.03. The van der Waals surface area contributed by atoms with Crippen LogP contribution in [0.25, 0.3) is 0 Å². The Morgan fingerprint density at radius 2 is 1.42 bits per heavy atom. The van der Waals surface area contributed by atoms with Crippen LogP contribution >= 0.6 is 0 Å². The lowest BCUT2D eigenvalue weighted by atomic mass is 9.95. The van der Waals surface area contributed by atoms with Gasteiger partial charge in [-0.2, -0.15) is 18.2 Å². The largest absolute Gasteiger partial charge is 0.405 e. The number of hydrogen-bond donors (Lipinski definition) is 1.